The first-order chi connectivity index (χ1) is 8.39. The second-order valence-electron chi connectivity index (χ2n) is 5.07. The predicted molar refractivity (Wildman–Crippen MR) is 75.7 cm³/mol. The van der Waals surface area contributed by atoms with Crippen molar-refractivity contribution in [2.45, 2.75) is 38.2 Å². The molecule has 2 atom stereocenters. The fourth-order valence-corrected chi connectivity index (χ4v) is 1.89. The highest BCUT2D eigenvalue weighted by atomic mass is 16.3. The van der Waals surface area contributed by atoms with Crippen molar-refractivity contribution in [1.82, 2.24) is 0 Å². The molecule has 0 bridgehead atoms. The van der Waals surface area contributed by atoms with Crippen molar-refractivity contribution in [3.05, 3.63) is 54.6 Å². The molecule has 0 amide bonds. The lowest BCUT2D eigenvalue weighted by Crippen LogP contribution is -2.21. The number of hydrogen-bond acceptors (Lipinski definition) is 2. The largest absolute Gasteiger partial charge is 0.508 e. The molecule has 0 unspecified atom stereocenters. The Kier molecular flexibility index (Phi) is 4.74. The first-order valence-corrected chi connectivity index (χ1v) is 6.15. The van der Waals surface area contributed by atoms with E-state index < -0.39 is 6.10 Å². The number of aliphatic hydroxyl groups excluding tert-OH is 1. The zero-order valence-electron chi connectivity index (χ0n) is 11.2. The van der Waals surface area contributed by atoms with E-state index in [1.165, 1.54) is 0 Å². The lowest BCUT2D eigenvalue weighted by Gasteiger charge is -2.27. The summed E-state index contributed by atoms with van der Waals surface area (Å²) >= 11 is 0. The molecule has 0 aromatic heterocycles. The SMILES string of the molecule is C=C[C@@](C)(CC[C@@H](O)C(=C)C)c1ccc(O)cc1. The van der Waals surface area contributed by atoms with E-state index in [0.29, 0.717) is 6.42 Å². The summed E-state index contributed by atoms with van der Waals surface area (Å²) in [4.78, 5) is 0. The average molecular weight is 246 g/mol. The maximum absolute atomic E-state index is 9.80. The van der Waals surface area contributed by atoms with E-state index in [9.17, 15) is 10.2 Å². The fourth-order valence-electron chi connectivity index (χ4n) is 1.89. The maximum Gasteiger partial charge on any atom is 0.115 e. The van der Waals surface area contributed by atoms with Crippen LogP contribution in [-0.4, -0.2) is 16.3 Å². The summed E-state index contributed by atoms with van der Waals surface area (Å²) in [7, 11) is 0. The molecule has 98 valence electrons. The molecule has 2 nitrogen and oxygen atoms in total. The standard InChI is InChI=1S/C16H22O2/c1-5-16(4,11-10-15(18)12(2)3)13-6-8-14(17)9-7-13/h5-9,15,17-18H,1-2,10-11H2,3-4H3/t15-,16+/m1/s1. The van der Waals surface area contributed by atoms with Crippen molar-refractivity contribution in [2.24, 2.45) is 0 Å². The van der Waals surface area contributed by atoms with Gasteiger partial charge in [0.1, 0.15) is 5.75 Å². The Morgan fingerprint density at radius 3 is 2.39 bits per heavy atom. The summed E-state index contributed by atoms with van der Waals surface area (Å²) in [6.45, 7) is 11.6. The van der Waals surface area contributed by atoms with E-state index in [1.807, 2.05) is 25.1 Å². The molecule has 0 radical (unpaired) electrons. The van der Waals surface area contributed by atoms with Crippen molar-refractivity contribution in [3.8, 4) is 5.75 Å². The van der Waals surface area contributed by atoms with Crippen LogP contribution in [0.25, 0.3) is 0 Å². The number of allylic oxidation sites excluding steroid dienone is 1. The van der Waals surface area contributed by atoms with Gasteiger partial charge in [0.2, 0.25) is 0 Å². The van der Waals surface area contributed by atoms with Crippen molar-refractivity contribution in [2.75, 3.05) is 0 Å². The topological polar surface area (TPSA) is 40.5 Å². The predicted octanol–water partition coefficient (Wildman–Crippen LogP) is 3.55. The lowest BCUT2D eigenvalue weighted by atomic mass is 9.77. The highest BCUT2D eigenvalue weighted by molar-refractivity contribution is 5.34. The Morgan fingerprint density at radius 2 is 1.94 bits per heavy atom. The molecule has 0 heterocycles. The highest BCUT2D eigenvalue weighted by Crippen LogP contribution is 2.32. The van der Waals surface area contributed by atoms with Gasteiger partial charge in [-0.05, 0) is 37.5 Å². The second-order valence-corrected chi connectivity index (χ2v) is 5.07. The van der Waals surface area contributed by atoms with Gasteiger partial charge in [-0.3, -0.25) is 0 Å². The number of benzene rings is 1. The van der Waals surface area contributed by atoms with Crippen LogP contribution in [0.4, 0.5) is 0 Å². The number of rotatable bonds is 6. The van der Waals surface area contributed by atoms with Crippen LogP contribution in [-0.2, 0) is 5.41 Å². The van der Waals surface area contributed by atoms with Gasteiger partial charge in [0.05, 0.1) is 6.10 Å². The third kappa shape index (κ3) is 3.47. The average Bonchev–Trinajstić information content (AvgIpc) is 2.36. The molecule has 0 aliphatic carbocycles. The third-order valence-electron chi connectivity index (χ3n) is 3.48. The molecule has 0 fully saturated rings. The van der Waals surface area contributed by atoms with Gasteiger partial charge in [0.25, 0.3) is 0 Å². The molecule has 1 rings (SSSR count). The van der Waals surface area contributed by atoms with E-state index in [2.05, 4.69) is 20.1 Å². The molecule has 0 spiro atoms. The molecule has 2 N–H and O–H groups in total. The van der Waals surface area contributed by atoms with E-state index in [4.69, 9.17) is 0 Å². The zero-order valence-corrected chi connectivity index (χ0v) is 11.2. The molecule has 0 saturated carbocycles. The Balaban J connectivity index is 2.82. The van der Waals surface area contributed by atoms with Gasteiger partial charge < -0.3 is 10.2 Å². The van der Waals surface area contributed by atoms with Gasteiger partial charge in [0.15, 0.2) is 0 Å². The number of phenolic OH excluding ortho intramolecular Hbond substituents is 1. The van der Waals surface area contributed by atoms with Crippen molar-refractivity contribution < 1.29 is 10.2 Å². The van der Waals surface area contributed by atoms with Gasteiger partial charge in [-0.1, -0.05) is 37.3 Å². The first-order valence-electron chi connectivity index (χ1n) is 6.15. The number of aliphatic hydroxyl groups is 1. The minimum Gasteiger partial charge on any atom is -0.508 e. The lowest BCUT2D eigenvalue weighted by molar-refractivity contribution is 0.190. The van der Waals surface area contributed by atoms with Gasteiger partial charge in [-0.25, -0.2) is 0 Å². The van der Waals surface area contributed by atoms with E-state index in [1.54, 1.807) is 12.1 Å². The summed E-state index contributed by atoms with van der Waals surface area (Å²) < 4.78 is 0. The van der Waals surface area contributed by atoms with Crippen LogP contribution in [0.2, 0.25) is 0 Å². The van der Waals surface area contributed by atoms with Gasteiger partial charge in [-0.15, -0.1) is 6.58 Å². The molecule has 0 aliphatic heterocycles. The molecule has 2 heteroatoms. The van der Waals surface area contributed by atoms with Crippen LogP contribution >= 0.6 is 0 Å². The zero-order chi connectivity index (χ0) is 13.8. The number of hydrogen-bond donors (Lipinski definition) is 2. The molecule has 1 aromatic rings. The van der Waals surface area contributed by atoms with Crippen LogP contribution in [0.5, 0.6) is 5.75 Å². The smallest absolute Gasteiger partial charge is 0.115 e. The molecular weight excluding hydrogens is 224 g/mol. The van der Waals surface area contributed by atoms with Gasteiger partial charge >= 0.3 is 0 Å². The third-order valence-corrected chi connectivity index (χ3v) is 3.48. The minimum absolute atomic E-state index is 0.204. The second kappa shape index (κ2) is 5.87. The summed E-state index contributed by atoms with van der Waals surface area (Å²) in [5, 5.41) is 19.1. The number of aromatic hydroxyl groups is 1. The summed E-state index contributed by atoms with van der Waals surface area (Å²) in [5.74, 6) is 0.257. The molecular formula is C16H22O2. The molecule has 0 aliphatic rings. The van der Waals surface area contributed by atoms with Crippen LogP contribution in [0, 0.1) is 0 Å². The molecule has 0 saturated heterocycles. The van der Waals surface area contributed by atoms with Gasteiger partial charge in [-0.2, -0.15) is 0 Å². The normalized spacial score (nSPS) is 15.7. The van der Waals surface area contributed by atoms with E-state index in [0.717, 1.165) is 17.6 Å². The monoisotopic (exact) mass is 246 g/mol. The summed E-state index contributed by atoms with van der Waals surface area (Å²) in [6.07, 6.45) is 2.86. The van der Waals surface area contributed by atoms with Crippen LogP contribution < -0.4 is 0 Å². The van der Waals surface area contributed by atoms with Crippen LogP contribution in [0.1, 0.15) is 32.3 Å². The number of phenols is 1. The summed E-state index contributed by atoms with van der Waals surface area (Å²) in [6, 6.07) is 7.13. The Bertz CT molecular complexity index is 419. The van der Waals surface area contributed by atoms with Crippen molar-refractivity contribution in [3.63, 3.8) is 0 Å². The van der Waals surface area contributed by atoms with E-state index in [-0.39, 0.29) is 11.2 Å². The Hall–Kier alpha value is -1.54. The summed E-state index contributed by atoms with van der Waals surface area (Å²) in [5.41, 5.74) is 1.67. The molecule has 18 heavy (non-hydrogen) atoms. The van der Waals surface area contributed by atoms with E-state index >= 15 is 0 Å². The van der Waals surface area contributed by atoms with Crippen molar-refractivity contribution in [1.29, 1.82) is 0 Å². The molecule has 1 aromatic carbocycles. The minimum atomic E-state index is -0.471. The Morgan fingerprint density at radius 1 is 1.39 bits per heavy atom. The first kappa shape index (κ1) is 14.5. The van der Waals surface area contributed by atoms with Crippen LogP contribution in [0.3, 0.4) is 0 Å². The Labute approximate surface area is 109 Å². The van der Waals surface area contributed by atoms with Gasteiger partial charge in [0, 0.05) is 5.41 Å². The van der Waals surface area contributed by atoms with Crippen molar-refractivity contribution >= 4 is 0 Å². The highest BCUT2D eigenvalue weighted by Gasteiger charge is 2.24. The fraction of sp³-hybridized carbons (Fsp3) is 0.375. The maximum atomic E-state index is 9.80. The van der Waals surface area contributed by atoms with Crippen LogP contribution in [0.15, 0.2) is 49.1 Å². The quantitative estimate of drug-likeness (QED) is 0.753.